The summed E-state index contributed by atoms with van der Waals surface area (Å²) in [5.74, 6) is -9.10. The van der Waals surface area contributed by atoms with Gasteiger partial charge in [0.2, 0.25) is 29.5 Å². The Labute approximate surface area is 525 Å². The van der Waals surface area contributed by atoms with Crippen LogP contribution in [0.3, 0.4) is 0 Å². The molecule has 0 radical (unpaired) electrons. The molecule has 0 aliphatic carbocycles. The quantitative estimate of drug-likeness (QED) is 0.0208. The lowest BCUT2D eigenvalue weighted by Crippen LogP contribution is -2.65. The first-order chi connectivity index (χ1) is 42.8. The van der Waals surface area contributed by atoms with Crippen LogP contribution in [0, 0.1) is 5.92 Å². The molecule has 21 unspecified atom stereocenters. The Balaban J connectivity index is 1.30. The zero-order valence-electron chi connectivity index (χ0n) is 49.7. The summed E-state index contributed by atoms with van der Waals surface area (Å²) in [6, 6.07) is -7.55. The first-order valence-corrected chi connectivity index (χ1v) is 29.8. The number of ketones is 1. The summed E-state index contributed by atoms with van der Waals surface area (Å²) in [5.41, 5.74) is 27.9. The van der Waals surface area contributed by atoms with Crippen LogP contribution in [0.1, 0.15) is 104 Å². The second-order valence-electron chi connectivity index (χ2n) is 21.7. The monoisotopic (exact) mass is 1320 g/mol. The zero-order chi connectivity index (χ0) is 67.5. The molecule has 4 aromatic rings. The Hall–Kier alpha value is -7.45. The number of Topliss-reactive ketones (excluding diaryl/α,β-unsaturated/α-hetero) is 1. The molecule has 2 saturated heterocycles. The topological polar surface area (TPSA) is 615 Å². The number of rotatable bonds is 31. The normalized spacial score (nSPS) is 25.4. The lowest BCUT2D eigenvalue weighted by molar-refractivity contribution is -0.372. The zero-order valence-corrected chi connectivity index (χ0v) is 51.3. The van der Waals surface area contributed by atoms with E-state index in [0.29, 0.717) is 15.7 Å². The van der Waals surface area contributed by atoms with E-state index < -0.39 is 200 Å². The van der Waals surface area contributed by atoms with Crippen LogP contribution < -0.4 is 55.3 Å². The number of nitrogens with zero attached hydrogens (tertiary/aromatic N) is 5. The minimum atomic E-state index is -2.20. The Morgan fingerprint density at radius 3 is 1.99 bits per heavy atom. The number of amides is 7. The number of aliphatic hydroxyl groups is 8. The van der Waals surface area contributed by atoms with Crippen molar-refractivity contribution in [2.24, 2.45) is 28.9 Å². The summed E-state index contributed by atoms with van der Waals surface area (Å²) in [6.45, 7) is 6.21. The third-order valence-electron chi connectivity index (χ3n) is 14.8. The number of nitrogen functional groups attached to an aromatic ring is 1. The molecule has 502 valence electrons. The maximum Gasteiger partial charge on any atom is 0.404 e. The number of nitrogens with two attached hydrogens (primary N) is 5. The van der Waals surface area contributed by atoms with Gasteiger partial charge in [0.15, 0.2) is 24.5 Å². The van der Waals surface area contributed by atoms with E-state index in [-0.39, 0.29) is 29.5 Å². The fourth-order valence-corrected chi connectivity index (χ4v) is 11.2. The van der Waals surface area contributed by atoms with E-state index in [4.69, 9.17) is 52.4 Å². The fourth-order valence-electron chi connectivity index (χ4n) is 9.36. The Morgan fingerprint density at radius 2 is 1.40 bits per heavy atom. The molecular formula is C52H76N16O21S2. The highest BCUT2D eigenvalue weighted by Gasteiger charge is 2.54. The van der Waals surface area contributed by atoms with Crippen molar-refractivity contribution < 1.29 is 103 Å². The van der Waals surface area contributed by atoms with Crippen molar-refractivity contribution in [3.8, 4) is 10.7 Å². The second-order valence-corrected chi connectivity index (χ2v) is 23.4. The van der Waals surface area contributed by atoms with Gasteiger partial charge in [-0.25, -0.2) is 29.7 Å². The Morgan fingerprint density at radius 1 is 0.747 bits per heavy atom. The first kappa shape index (κ1) is 72.6. The summed E-state index contributed by atoms with van der Waals surface area (Å²) < 4.78 is 28.6. The molecule has 24 N–H and O–H groups in total. The smallest absolute Gasteiger partial charge is 0.404 e. The van der Waals surface area contributed by atoms with Gasteiger partial charge in [-0.1, -0.05) is 13.8 Å². The molecule has 0 spiro atoms. The van der Waals surface area contributed by atoms with Gasteiger partial charge in [0.25, 0.3) is 5.91 Å². The van der Waals surface area contributed by atoms with Crippen LogP contribution in [-0.2, 0) is 47.7 Å². The number of carbonyl (C=O) groups excluding carboxylic acids is 8. The average molecular weight is 1330 g/mol. The molecule has 39 heteroatoms. The van der Waals surface area contributed by atoms with Crippen molar-refractivity contribution in [3.05, 3.63) is 57.3 Å². The van der Waals surface area contributed by atoms with Crippen LogP contribution in [0.5, 0.6) is 0 Å². The standard InChI is InChI=1S/C52H76N16O21S2/c1-16(48-65-27(14-90-48)49-64-26(13-91-49)20(5)71)18(3)61-46(82)32(21(6)72)67-44(80)17(2)34(74)19(4)62-47(83)33(68-45(81)24-7-30(54)66-43(63-24)23(8-31(55)73)59-9-22(53)42(56)79)39(25-10-58-15-60-25)87-51-41(37(77)35(75)28(11-69)86-51)88-50-38(78)40(89-52(57)84)36(76)29(12-70)85-50/h7,10,13-19,21-23,28-29,32-41,50-51,59,69-70,72,74-78H,8-9,11-12,53H2,1-6H3,(H2,55,73)(H2,56,79)(H2,57,84)(H,58,60)(H,61,82)(H,62,83)(H,67,80)(H,68,81)(H2,54,63,66). The molecule has 21 atom stereocenters. The number of ether oxygens (including phenoxy) is 5. The molecule has 2 aliphatic heterocycles. The van der Waals surface area contributed by atoms with E-state index in [1.807, 2.05) is 0 Å². The summed E-state index contributed by atoms with van der Waals surface area (Å²) in [6.07, 6.45) is -25.3. The van der Waals surface area contributed by atoms with Gasteiger partial charge in [0, 0.05) is 48.7 Å². The predicted molar refractivity (Wildman–Crippen MR) is 312 cm³/mol. The number of hydrogen-bond acceptors (Lipinski definition) is 31. The number of anilines is 1. The summed E-state index contributed by atoms with van der Waals surface area (Å²) in [7, 11) is 0. The number of thiazole rings is 2. The van der Waals surface area contributed by atoms with Gasteiger partial charge in [-0.3, -0.25) is 33.6 Å². The lowest BCUT2D eigenvalue weighted by atomic mass is 9.96. The Bertz CT molecular complexity index is 3160. The van der Waals surface area contributed by atoms with E-state index >= 15 is 4.79 Å². The number of nitrogens with one attached hydrogen (secondary N) is 6. The van der Waals surface area contributed by atoms with E-state index in [2.05, 4.69) is 56.5 Å². The number of aromatic amines is 1. The third-order valence-corrected chi connectivity index (χ3v) is 16.7. The molecule has 4 aromatic heterocycles. The highest BCUT2D eigenvalue weighted by atomic mass is 32.1. The van der Waals surface area contributed by atoms with Gasteiger partial charge in [-0.2, -0.15) is 0 Å². The van der Waals surface area contributed by atoms with E-state index in [0.717, 1.165) is 18.6 Å². The van der Waals surface area contributed by atoms with Crippen LogP contribution >= 0.6 is 22.7 Å². The van der Waals surface area contributed by atoms with Gasteiger partial charge in [-0.15, -0.1) is 22.7 Å². The van der Waals surface area contributed by atoms with Gasteiger partial charge in [0.05, 0.1) is 72.7 Å². The van der Waals surface area contributed by atoms with Gasteiger partial charge < -0.3 is 125 Å². The number of aromatic nitrogens is 6. The minimum absolute atomic E-state index is 0.209. The van der Waals surface area contributed by atoms with Crippen molar-refractivity contribution >= 4 is 75.8 Å². The van der Waals surface area contributed by atoms with Crippen LogP contribution in [0.15, 0.2) is 29.4 Å². The van der Waals surface area contributed by atoms with Crippen molar-refractivity contribution in [3.63, 3.8) is 0 Å². The van der Waals surface area contributed by atoms with Gasteiger partial charge >= 0.3 is 6.09 Å². The molecule has 2 fully saturated rings. The van der Waals surface area contributed by atoms with Crippen LogP contribution in [-0.4, -0.2) is 242 Å². The minimum Gasteiger partial charge on any atom is -0.441 e. The summed E-state index contributed by atoms with van der Waals surface area (Å²) in [4.78, 5) is 129. The molecule has 0 saturated carbocycles. The maximum absolute atomic E-state index is 15.1. The maximum atomic E-state index is 15.1. The third kappa shape index (κ3) is 18.4. The number of H-pyrrole nitrogens is 1. The summed E-state index contributed by atoms with van der Waals surface area (Å²) in [5, 5.41) is 105. The van der Waals surface area contributed by atoms with E-state index in [9.17, 15) is 74.4 Å². The largest absolute Gasteiger partial charge is 0.441 e. The summed E-state index contributed by atoms with van der Waals surface area (Å²) >= 11 is 2.53. The highest BCUT2D eigenvalue weighted by molar-refractivity contribution is 7.14. The SMILES string of the molecule is CC(=O)c1csc(-c2csc(C(C)C(C)NC(=O)C(NC(=O)C(C)C(O)C(C)NC(=O)C(NC(=O)c3cc(N)nc(C(CC(N)=O)NCC(N)C(N)=O)n3)C(OC3OC(CO)C(O)C(O)C3OC3OC(CO)C(O)C(OC(N)=O)C3O)c3cnc[nH]3)C(C)O)n2)n1. The molecule has 37 nitrogen and oxygen atoms in total. The van der Waals surface area contributed by atoms with Crippen molar-refractivity contribution in [1.29, 1.82) is 0 Å². The molecule has 6 rings (SSSR count). The van der Waals surface area contributed by atoms with Gasteiger partial charge in [-0.05, 0) is 20.8 Å². The first-order valence-electron chi connectivity index (χ1n) is 28.1. The van der Waals surface area contributed by atoms with Crippen molar-refractivity contribution in [1.82, 2.24) is 56.5 Å². The molecule has 91 heavy (non-hydrogen) atoms. The number of aliphatic hydroxyl groups excluding tert-OH is 8. The average Bonchev–Trinajstić information content (AvgIpc) is 1.38. The molecular weight excluding hydrogens is 1250 g/mol. The molecule has 0 bridgehead atoms. The van der Waals surface area contributed by atoms with Crippen molar-refractivity contribution in [2.75, 3.05) is 25.5 Å². The molecule has 7 amide bonds. The lowest BCUT2D eigenvalue weighted by Gasteiger charge is -2.47. The number of carbonyl (C=O) groups is 8. The molecule has 6 heterocycles. The van der Waals surface area contributed by atoms with E-state index in [1.165, 1.54) is 50.4 Å². The number of imidazole rings is 1. The number of hydrogen-bond donors (Lipinski definition) is 19. The number of primary amides is 3. The van der Waals surface area contributed by atoms with E-state index in [1.54, 1.807) is 24.6 Å². The van der Waals surface area contributed by atoms with Crippen LogP contribution in [0.4, 0.5) is 10.6 Å². The predicted octanol–water partition coefficient (Wildman–Crippen LogP) is -6.86. The molecule has 0 aromatic carbocycles. The molecule has 2 aliphatic rings. The van der Waals surface area contributed by atoms with Crippen molar-refractivity contribution in [2.45, 2.75) is 170 Å². The van der Waals surface area contributed by atoms with Crippen LogP contribution in [0.2, 0.25) is 0 Å². The van der Waals surface area contributed by atoms with Gasteiger partial charge in [0.1, 0.15) is 94.6 Å². The van der Waals surface area contributed by atoms with Crippen LogP contribution in [0.25, 0.3) is 10.7 Å². The highest BCUT2D eigenvalue weighted by Crippen LogP contribution is 2.35. The second kappa shape index (κ2) is 32.2. The fraction of sp³-hybridized carbons (Fsp3) is 0.596. The Kier molecular flexibility index (Phi) is 25.7.